The van der Waals surface area contributed by atoms with Crippen molar-refractivity contribution in [3.8, 4) is 0 Å². The summed E-state index contributed by atoms with van der Waals surface area (Å²) >= 11 is 24.1. The van der Waals surface area contributed by atoms with Crippen LogP contribution in [0.1, 0.15) is 11.1 Å². The number of aryl methyl sites for hydroxylation is 1. The maximum Gasteiger partial charge on any atom is 0.156 e. The first-order chi connectivity index (χ1) is 9.47. The van der Waals surface area contributed by atoms with Crippen LogP contribution in [-0.2, 0) is 0 Å². The Labute approximate surface area is 137 Å². The van der Waals surface area contributed by atoms with E-state index in [1.807, 2.05) is 31.2 Å². The molecule has 0 fully saturated rings. The molecule has 1 N–H and O–H groups in total. The molecule has 2 rings (SSSR count). The Morgan fingerprint density at radius 1 is 1.05 bits per heavy atom. The van der Waals surface area contributed by atoms with Gasteiger partial charge in [0.2, 0.25) is 0 Å². The molecule has 0 spiro atoms. The van der Waals surface area contributed by atoms with Crippen LogP contribution in [0.25, 0.3) is 0 Å². The molecule has 20 heavy (non-hydrogen) atoms. The summed E-state index contributed by atoms with van der Waals surface area (Å²) in [5.74, 6) is 0. The molecule has 0 aliphatic heterocycles. The lowest BCUT2D eigenvalue weighted by Gasteiger charge is -2.07. The monoisotopic (exact) mass is 346 g/mol. The minimum Gasteiger partial charge on any atom is -0.274 e. The molecule has 0 aliphatic carbocycles. The van der Waals surface area contributed by atoms with Crippen LogP contribution < -0.4 is 5.43 Å². The van der Waals surface area contributed by atoms with Crippen LogP contribution >= 0.6 is 46.4 Å². The van der Waals surface area contributed by atoms with Gasteiger partial charge in [-0.15, -0.1) is 0 Å². The van der Waals surface area contributed by atoms with Crippen LogP contribution in [-0.4, -0.2) is 5.17 Å². The fraction of sp³-hybridized carbons (Fsp3) is 0.0714. The Bertz CT molecular complexity index is 645. The minimum atomic E-state index is 0.316. The van der Waals surface area contributed by atoms with Gasteiger partial charge in [0.05, 0.1) is 15.7 Å². The molecule has 0 unspecified atom stereocenters. The zero-order valence-electron chi connectivity index (χ0n) is 10.4. The van der Waals surface area contributed by atoms with Crippen molar-refractivity contribution >= 4 is 57.3 Å². The molecule has 2 aromatic rings. The fourth-order valence-corrected chi connectivity index (χ4v) is 2.65. The lowest BCUT2D eigenvalue weighted by Crippen LogP contribution is -1.98. The summed E-state index contributed by atoms with van der Waals surface area (Å²) in [6.45, 7) is 1.98. The zero-order valence-corrected chi connectivity index (χ0v) is 13.4. The smallest absolute Gasteiger partial charge is 0.156 e. The molecule has 0 radical (unpaired) electrons. The molecule has 6 heteroatoms. The normalized spacial score (nSPS) is 11.6. The van der Waals surface area contributed by atoms with Crippen LogP contribution in [0.2, 0.25) is 15.1 Å². The molecule has 0 aliphatic rings. The number of benzene rings is 2. The van der Waals surface area contributed by atoms with E-state index < -0.39 is 0 Å². The molecule has 104 valence electrons. The largest absolute Gasteiger partial charge is 0.274 e. The second kappa shape index (κ2) is 6.68. The second-order valence-corrected chi connectivity index (χ2v) is 5.74. The van der Waals surface area contributed by atoms with Gasteiger partial charge >= 0.3 is 0 Å². The van der Waals surface area contributed by atoms with Gasteiger partial charge < -0.3 is 0 Å². The Morgan fingerprint density at radius 3 is 2.30 bits per heavy atom. The summed E-state index contributed by atoms with van der Waals surface area (Å²) < 4.78 is 0. The topological polar surface area (TPSA) is 24.4 Å². The number of nitrogens with one attached hydrogen (secondary N) is 1. The number of hydrogen-bond acceptors (Lipinski definition) is 2. The second-order valence-electron chi connectivity index (χ2n) is 4.13. The molecule has 2 aromatic carbocycles. The fourth-order valence-electron chi connectivity index (χ4n) is 1.59. The van der Waals surface area contributed by atoms with Crippen molar-refractivity contribution in [3.05, 3.63) is 62.6 Å². The molecule has 0 heterocycles. The lowest BCUT2D eigenvalue weighted by molar-refractivity contribution is 1.34. The van der Waals surface area contributed by atoms with Crippen molar-refractivity contribution < 1.29 is 0 Å². The first kappa shape index (κ1) is 15.5. The average Bonchev–Trinajstić information content (AvgIpc) is 2.37. The summed E-state index contributed by atoms with van der Waals surface area (Å²) in [6.07, 6.45) is 0. The first-order valence-corrected chi connectivity index (χ1v) is 7.19. The number of anilines is 1. The van der Waals surface area contributed by atoms with E-state index in [2.05, 4.69) is 10.5 Å². The van der Waals surface area contributed by atoms with Crippen molar-refractivity contribution in [1.29, 1.82) is 0 Å². The van der Waals surface area contributed by atoms with Crippen LogP contribution in [0.4, 0.5) is 5.69 Å². The Kier molecular flexibility index (Phi) is 5.17. The van der Waals surface area contributed by atoms with Crippen LogP contribution in [0.5, 0.6) is 0 Å². The number of rotatable bonds is 3. The van der Waals surface area contributed by atoms with E-state index in [0.29, 0.717) is 25.9 Å². The summed E-state index contributed by atoms with van der Waals surface area (Å²) in [5.41, 5.74) is 5.12. The molecule has 0 bridgehead atoms. The van der Waals surface area contributed by atoms with Crippen molar-refractivity contribution in [1.82, 2.24) is 0 Å². The van der Waals surface area contributed by atoms with Crippen LogP contribution in [0.15, 0.2) is 41.5 Å². The van der Waals surface area contributed by atoms with Crippen molar-refractivity contribution in [2.45, 2.75) is 6.92 Å². The maximum absolute atomic E-state index is 6.14. The summed E-state index contributed by atoms with van der Waals surface area (Å²) in [7, 11) is 0. The third-order valence-electron chi connectivity index (χ3n) is 2.53. The highest BCUT2D eigenvalue weighted by molar-refractivity contribution is 6.69. The summed E-state index contributed by atoms with van der Waals surface area (Å²) in [6, 6.07) is 10.8. The van der Waals surface area contributed by atoms with Gasteiger partial charge in [-0.05, 0) is 25.1 Å². The number of hydrazone groups is 1. The van der Waals surface area contributed by atoms with E-state index >= 15 is 0 Å². The molecular weight excluding hydrogens is 338 g/mol. The highest BCUT2D eigenvalue weighted by Crippen LogP contribution is 2.33. The van der Waals surface area contributed by atoms with E-state index in [4.69, 9.17) is 46.4 Å². The Hall–Kier alpha value is -0.930. The van der Waals surface area contributed by atoms with Gasteiger partial charge in [0.25, 0.3) is 0 Å². The van der Waals surface area contributed by atoms with E-state index in [-0.39, 0.29) is 0 Å². The standard InChI is InChI=1S/C14H10Cl4N2/c1-8-3-2-4-9(5-8)14(18)20-19-13-11(16)6-10(15)7-12(13)17/h2-7,19H,1H3. The van der Waals surface area contributed by atoms with Crippen molar-refractivity contribution in [2.24, 2.45) is 5.10 Å². The van der Waals surface area contributed by atoms with Gasteiger partial charge in [0.15, 0.2) is 5.17 Å². The number of hydrogen-bond donors (Lipinski definition) is 1. The highest BCUT2D eigenvalue weighted by atomic mass is 35.5. The van der Waals surface area contributed by atoms with Gasteiger partial charge in [-0.2, -0.15) is 5.10 Å². The van der Waals surface area contributed by atoms with Crippen LogP contribution in [0.3, 0.4) is 0 Å². The number of halogens is 4. The summed E-state index contributed by atoms with van der Waals surface area (Å²) in [5, 5.41) is 5.60. The van der Waals surface area contributed by atoms with Gasteiger partial charge in [-0.1, -0.05) is 70.2 Å². The van der Waals surface area contributed by atoms with Crippen LogP contribution in [0, 0.1) is 6.92 Å². The van der Waals surface area contributed by atoms with Crippen molar-refractivity contribution in [2.75, 3.05) is 5.43 Å². The quantitative estimate of drug-likeness (QED) is 0.537. The summed E-state index contributed by atoms with van der Waals surface area (Å²) in [4.78, 5) is 0. The van der Waals surface area contributed by atoms with E-state index in [1.165, 1.54) is 0 Å². The molecule has 2 nitrogen and oxygen atoms in total. The molecular formula is C14H10Cl4N2. The molecule has 0 atom stereocenters. The SMILES string of the molecule is Cc1cccc(C(Cl)=NNc2c(Cl)cc(Cl)cc2Cl)c1. The van der Waals surface area contributed by atoms with Gasteiger partial charge in [-0.3, -0.25) is 5.43 Å². The third kappa shape index (κ3) is 3.80. The van der Waals surface area contributed by atoms with Gasteiger partial charge in [-0.25, -0.2) is 0 Å². The number of nitrogens with zero attached hydrogens (tertiary/aromatic N) is 1. The molecule has 0 aromatic heterocycles. The predicted octanol–water partition coefficient (Wildman–Crippen LogP) is 5.97. The highest BCUT2D eigenvalue weighted by Gasteiger charge is 2.08. The Morgan fingerprint density at radius 2 is 1.70 bits per heavy atom. The lowest BCUT2D eigenvalue weighted by atomic mass is 10.1. The first-order valence-electron chi connectivity index (χ1n) is 5.68. The maximum atomic E-state index is 6.14. The third-order valence-corrected chi connectivity index (χ3v) is 3.65. The molecule has 0 saturated carbocycles. The molecule has 0 amide bonds. The van der Waals surface area contributed by atoms with E-state index in [1.54, 1.807) is 12.1 Å². The zero-order chi connectivity index (χ0) is 14.7. The van der Waals surface area contributed by atoms with Gasteiger partial charge in [0.1, 0.15) is 0 Å². The van der Waals surface area contributed by atoms with Crippen molar-refractivity contribution in [3.63, 3.8) is 0 Å². The predicted molar refractivity (Wildman–Crippen MR) is 88.7 cm³/mol. The van der Waals surface area contributed by atoms with Gasteiger partial charge in [0, 0.05) is 10.6 Å². The average molecular weight is 348 g/mol. The van der Waals surface area contributed by atoms with E-state index in [0.717, 1.165) is 11.1 Å². The van der Waals surface area contributed by atoms with E-state index in [9.17, 15) is 0 Å². The Balaban J connectivity index is 2.25. The minimum absolute atomic E-state index is 0.316. The molecule has 0 saturated heterocycles.